The van der Waals surface area contributed by atoms with Gasteiger partial charge in [-0.05, 0) is 43.1 Å². The van der Waals surface area contributed by atoms with E-state index < -0.39 is 0 Å². The first kappa shape index (κ1) is 18.8. The van der Waals surface area contributed by atoms with Crippen molar-refractivity contribution in [1.29, 1.82) is 0 Å². The number of hydrogen-bond donors (Lipinski definition) is 1. The summed E-state index contributed by atoms with van der Waals surface area (Å²) in [6, 6.07) is 10.9. The quantitative estimate of drug-likeness (QED) is 0.883. The molecule has 1 spiro atoms. The van der Waals surface area contributed by atoms with Crippen molar-refractivity contribution in [1.82, 2.24) is 10.2 Å². The summed E-state index contributed by atoms with van der Waals surface area (Å²) < 4.78 is 11.6. The summed E-state index contributed by atoms with van der Waals surface area (Å²) in [5.74, 6) is 1.08. The SMILES string of the molecule is O=C(NCC1CCCCC1c1ccccc1)N1CCOC2(CCCOC2)C1. The Morgan fingerprint density at radius 2 is 2.00 bits per heavy atom. The molecule has 2 saturated heterocycles. The topological polar surface area (TPSA) is 50.8 Å². The van der Waals surface area contributed by atoms with Gasteiger partial charge in [0.25, 0.3) is 0 Å². The molecule has 5 nitrogen and oxygen atoms in total. The van der Waals surface area contributed by atoms with E-state index in [0.29, 0.717) is 38.1 Å². The zero-order valence-electron chi connectivity index (χ0n) is 16.2. The van der Waals surface area contributed by atoms with Crippen molar-refractivity contribution >= 4 is 6.03 Å². The Kier molecular flexibility index (Phi) is 5.98. The van der Waals surface area contributed by atoms with E-state index >= 15 is 0 Å². The average molecular weight is 373 g/mol. The Bertz CT molecular complexity index is 610. The molecule has 1 aromatic rings. The molecule has 2 heterocycles. The molecule has 3 atom stereocenters. The van der Waals surface area contributed by atoms with Gasteiger partial charge in [0.15, 0.2) is 0 Å². The minimum Gasteiger partial charge on any atom is -0.378 e. The van der Waals surface area contributed by atoms with Crippen LogP contribution in [0.25, 0.3) is 0 Å². The van der Waals surface area contributed by atoms with Crippen molar-refractivity contribution in [2.45, 2.75) is 50.0 Å². The van der Waals surface area contributed by atoms with E-state index in [-0.39, 0.29) is 11.6 Å². The summed E-state index contributed by atoms with van der Waals surface area (Å²) in [6.07, 6.45) is 6.97. The number of amides is 2. The maximum atomic E-state index is 12.8. The second kappa shape index (κ2) is 8.61. The van der Waals surface area contributed by atoms with Crippen LogP contribution in [0, 0.1) is 5.92 Å². The van der Waals surface area contributed by atoms with Gasteiger partial charge in [-0.15, -0.1) is 0 Å². The lowest BCUT2D eigenvalue weighted by Gasteiger charge is -2.44. The lowest BCUT2D eigenvalue weighted by Crippen LogP contribution is -2.59. The minimum absolute atomic E-state index is 0.0561. The van der Waals surface area contributed by atoms with Crippen molar-refractivity contribution in [2.24, 2.45) is 5.92 Å². The van der Waals surface area contributed by atoms with Crippen molar-refractivity contribution in [2.75, 3.05) is 39.5 Å². The monoisotopic (exact) mass is 372 g/mol. The molecule has 0 radical (unpaired) electrons. The first-order valence-electron chi connectivity index (χ1n) is 10.6. The van der Waals surface area contributed by atoms with Gasteiger partial charge >= 0.3 is 6.03 Å². The molecule has 1 aliphatic carbocycles. The molecule has 4 rings (SSSR count). The van der Waals surface area contributed by atoms with Crippen LogP contribution in [0.4, 0.5) is 4.79 Å². The summed E-state index contributed by atoms with van der Waals surface area (Å²) in [7, 11) is 0. The first-order chi connectivity index (χ1) is 13.3. The second-order valence-corrected chi connectivity index (χ2v) is 8.36. The Labute approximate surface area is 162 Å². The molecule has 3 aliphatic rings. The van der Waals surface area contributed by atoms with E-state index in [4.69, 9.17) is 9.47 Å². The zero-order chi connectivity index (χ0) is 18.5. The van der Waals surface area contributed by atoms with E-state index in [1.807, 2.05) is 4.90 Å². The number of hydrogen-bond acceptors (Lipinski definition) is 3. The second-order valence-electron chi connectivity index (χ2n) is 8.36. The summed E-state index contributed by atoms with van der Waals surface area (Å²) >= 11 is 0. The number of carbonyl (C=O) groups is 1. The Morgan fingerprint density at radius 3 is 2.81 bits per heavy atom. The highest BCUT2D eigenvalue weighted by Crippen LogP contribution is 2.37. The van der Waals surface area contributed by atoms with E-state index in [1.54, 1.807) is 0 Å². The minimum atomic E-state index is -0.286. The van der Waals surface area contributed by atoms with Crippen molar-refractivity contribution < 1.29 is 14.3 Å². The summed E-state index contributed by atoms with van der Waals surface area (Å²) in [4.78, 5) is 14.8. The largest absolute Gasteiger partial charge is 0.378 e. The number of morpholine rings is 1. The fourth-order valence-corrected chi connectivity index (χ4v) is 5.00. The molecule has 27 heavy (non-hydrogen) atoms. The average Bonchev–Trinajstić information content (AvgIpc) is 2.73. The number of nitrogens with zero attached hydrogens (tertiary/aromatic N) is 1. The van der Waals surface area contributed by atoms with E-state index in [1.165, 1.54) is 31.2 Å². The highest BCUT2D eigenvalue weighted by atomic mass is 16.5. The van der Waals surface area contributed by atoms with Gasteiger partial charge in [-0.25, -0.2) is 4.79 Å². The van der Waals surface area contributed by atoms with Crippen LogP contribution in [0.5, 0.6) is 0 Å². The Morgan fingerprint density at radius 1 is 1.15 bits per heavy atom. The third-order valence-corrected chi connectivity index (χ3v) is 6.47. The molecule has 1 N–H and O–H groups in total. The van der Waals surface area contributed by atoms with Gasteiger partial charge in [0.05, 0.1) is 19.8 Å². The molecule has 1 aromatic carbocycles. The predicted molar refractivity (Wildman–Crippen MR) is 105 cm³/mol. The molecule has 0 bridgehead atoms. The van der Waals surface area contributed by atoms with E-state index in [9.17, 15) is 4.79 Å². The first-order valence-corrected chi connectivity index (χ1v) is 10.6. The highest BCUT2D eigenvalue weighted by molar-refractivity contribution is 5.74. The molecular formula is C22H32N2O3. The van der Waals surface area contributed by atoms with Crippen molar-refractivity contribution in [3.8, 4) is 0 Å². The molecular weight excluding hydrogens is 340 g/mol. The fourth-order valence-electron chi connectivity index (χ4n) is 5.00. The smallest absolute Gasteiger partial charge is 0.317 e. The Balaban J connectivity index is 1.33. The Hall–Kier alpha value is -1.59. The van der Waals surface area contributed by atoms with Gasteiger partial charge in [-0.1, -0.05) is 43.2 Å². The molecule has 1 saturated carbocycles. The van der Waals surface area contributed by atoms with Crippen LogP contribution in [0.3, 0.4) is 0 Å². The molecule has 2 aliphatic heterocycles. The molecule has 5 heteroatoms. The number of benzene rings is 1. The van der Waals surface area contributed by atoms with E-state index in [2.05, 4.69) is 35.6 Å². The zero-order valence-corrected chi connectivity index (χ0v) is 16.2. The van der Waals surface area contributed by atoms with Gasteiger partial charge in [0.1, 0.15) is 5.60 Å². The van der Waals surface area contributed by atoms with Crippen molar-refractivity contribution in [3.05, 3.63) is 35.9 Å². The van der Waals surface area contributed by atoms with Crippen LogP contribution in [0.15, 0.2) is 30.3 Å². The van der Waals surface area contributed by atoms with Gasteiger partial charge in [0, 0.05) is 19.7 Å². The molecule has 2 amide bonds. The summed E-state index contributed by atoms with van der Waals surface area (Å²) in [5.41, 5.74) is 1.13. The number of nitrogens with one attached hydrogen (secondary N) is 1. The molecule has 0 aromatic heterocycles. The van der Waals surface area contributed by atoms with Gasteiger partial charge in [0.2, 0.25) is 0 Å². The van der Waals surface area contributed by atoms with Gasteiger partial charge in [-0.2, -0.15) is 0 Å². The van der Waals surface area contributed by atoms with Gasteiger partial charge in [-0.3, -0.25) is 0 Å². The summed E-state index contributed by atoms with van der Waals surface area (Å²) in [5, 5.41) is 3.23. The van der Waals surface area contributed by atoms with Crippen LogP contribution >= 0.6 is 0 Å². The highest BCUT2D eigenvalue weighted by Gasteiger charge is 2.40. The number of rotatable bonds is 3. The normalized spacial score (nSPS) is 31.6. The maximum Gasteiger partial charge on any atom is 0.317 e. The predicted octanol–water partition coefficient (Wildman–Crippen LogP) is 3.55. The fraction of sp³-hybridized carbons (Fsp3) is 0.682. The van der Waals surface area contributed by atoms with Crippen LogP contribution in [0.2, 0.25) is 0 Å². The van der Waals surface area contributed by atoms with E-state index in [0.717, 1.165) is 26.0 Å². The van der Waals surface area contributed by atoms with Crippen LogP contribution in [-0.4, -0.2) is 56.0 Å². The number of urea groups is 1. The summed E-state index contributed by atoms with van der Waals surface area (Å²) in [6.45, 7) is 4.09. The lowest BCUT2D eigenvalue weighted by atomic mass is 9.75. The van der Waals surface area contributed by atoms with Gasteiger partial charge < -0.3 is 19.7 Å². The molecule has 3 unspecified atom stereocenters. The maximum absolute atomic E-state index is 12.8. The van der Waals surface area contributed by atoms with Crippen LogP contribution in [0.1, 0.15) is 50.0 Å². The number of ether oxygens (including phenoxy) is 2. The van der Waals surface area contributed by atoms with Crippen LogP contribution < -0.4 is 5.32 Å². The number of carbonyl (C=O) groups excluding carboxylic acids is 1. The van der Waals surface area contributed by atoms with Crippen LogP contribution in [-0.2, 0) is 9.47 Å². The lowest BCUT2D eigenvalue weighted by molar-refractivity contribution is -0.160. The molecule has 3 fully saturated rings. The standard InChI is InChI=1S/C22H32N2O3/c25-21(24-12-14-27-22(16-24)11-6-13-26-17-22)23-15-19-9-4-5-10-20(19)18-7-2-1-3-8-18/h1-3,7-8,19-20H,4-6,9-17H2,(H,23,25). The van der Waals surface area contributed by atoms with Crippen molar-refractivity contribution in [3.63, 3.8) is 0 Å². The third kappa shape index (κ3) is 4.46. The third-order valence-electron chi connectivity index (χ3n) is 6.47. The molecule has 148 valence electrons.